The van der Waals surface area contributed by atoms with Gasteiger partial charge in [-0.05, 0) is 24.7 Å². The van der Waals surface area contributed by atoms with Gasteiger partial charge in [0, 0.05) is 13.1 Å². The highest BCUT2D eigenvalue weighted by atomic mass is 19.1. The molecule has 18 heavy (non-hydrogen) atoms. The first-order valence-corrected chi connectivity index (χ1v) is 5.82. The molecule has 0 aliphatic rings. The molecule has 0 aliphatic carbocycles. The van der Waals surface area contributed by atoms with E-state index in [0.29, 0.717) is 13.1 Å². The number of carboxylic acids is 1. The second kappa shape index (κ2) is 6.91. The normalized spacial score (nSPS) is 13.1. The third kappa shape index (κ3) is 5.10. The van der Waals surface area contributed by atoms with Crippen molar-refractivity contribution in [1.82, 2.24) is 4.90 Å². The Morgan fingerprint density at radius 3 is 2.61 bits per heavy atom. The van der Waals surface area contributed by atoms with Crippen molar-refractivity contribution in [1.29, 1.82) is 0 Å². The molecule has 1 rings (SSSR count). The summed E-state index contributed by atoms with van der Waals surface area (Å²) in [6.45, 7) is 2.85. The number of likely N-dealkylation sites (N-methyl/N-ethyl adjacent to an activating group) is 1. The van der Waals surface area contributed by atoms with Crippen molar-refractivity contribution in [2.75, 3.05) is 20.1 Å². The Morgan fingerprint density at radius 1 is 1.44 bits per heavy atom. The summed E-state index contributed by atoms with van der Waals surface area (Å²) in [7, 11) is 1.87. The average Bonchev–Trinajstić information content (AvgIpc) is 2.31. The summed E-state index contributed by atoms with van der Waals surface area (Å²) >= 11 is 0. The Kier molecular flexibility index (Phi) is 5.52. The van der Waals surface area contributed by atoms with Crippen molar-refractivity contribution in [2.45, 2.75) is 6.92 Å². The molecule has 1 aromatic rings. The highest BCUT2D eigenvalue weighted by Gasteiger charge is 2.12. The van der Waals surface area contributed by atoms with E-state index in [4.69, 9.17) is 5.11 Å². The number of carbonyl (C=O) groups is 1. The fourth-order valence-corrected chi connectivity index (χ4v) is 1.56. The first-order chi connectivity index (χ1) is 8.49. The molecule has 0 fully saturated rings. The van der Waals surface area contributed by atoms with Crippen LogP contribution in [0.1, 0.15) is 12.5 Å². The van der Waals surface area contributed by atoms with Crippen LogP contribution in [0.4, 0.5) is 4.39 Å². The maximum absolute atomic E-state index is 12.7. The maximum Gasteiger partial charge on any atom is 0.307 e. The fourth-order valence-electron chi connectivity index (χ4n) is 1.56. The highest BCUT2D eigenvalue weighted by molar-refractivity contribution is 5.69. The van der Waals surface area contributed by atoms with Crippen molar-refractivity contribution in [3.05, 3.63) is 41.7 Å². The zero-order chi connectivity index (χ0) is 13.5. The summed E-state index contributed by atoms with van der Waals surface area (Å²) in [5, 5.41) is 8.78. The van der Waals surface area contributed by atoms with E-state index in [-0.39, 0.29) is 11.7 Å². The van der Waals surface area contributed by atoms with Crippen LogP contribution in [0.5, 0.6) is 0 Å². The lowest BCUT2D eigenvalue weighted by Crippen LogP contribution is -2.28. The smallest absolute Gasteiger partial charge is 0.307 e. The summed E-state index contributed by atoms with van der Waals surface area (Å²) < 4.78 is 12.7. The lowest BCUT2D eigenvalue weighted by atomic mass is 10.1. The van der Waals surface area contributed by atoms with Crippen molar-refractivity contribution in [3.63, 3.8) is 0 Å². The second-order valence-electron chi connectivity index (χ2n) is 4.41. The summed E-state index contributed by atoms with van der Waals surface area (Å²) in [5.74, 6) is -1.42. The SMILES string of the molecule is CC(CN(C)C/C=C/c1ccc(F)cc1)C(=O)O. The molecule has 0 spiro atoms. The molecule has 1 atom stereocenters. The van der Waals surface area contributed by atoms with Crippen molar-refractivity contribution in [2.24, 2.45) is 5.92 Å². The van der Waals surface area contributed by atoms with E-state index >= 15 is 0 Å². The molecule has 1 N–H and O–H groups in total. The zero-order valence-electron chi connectivity index (χ0n) is 10.6. The molecule has 98 valence electrons. The van der Waals surface area contributed by atoms with E-state index in [9.17, 15) is 9.18 Å². The summed E-state index contributed by atoms with van der Waals surface area (Å²) in [5.41, 5.74) is 0.927. The van der Waals surface area contributed by atoms with E-state index < -0.39 is 5.97 Å². The molecule has 3 nitrogen and oxygen atoms in total. The van der Waals surface area contributed by atoms with Crippen molar-refractivity contribution >= 4 is 12.0 Å². The second-order valence-corrected chi connectivity index (χ2v) is 4.41. The number of benzene rings is 1. The molecule has 0 aromatic heterocycles. The van der Waals surface area contributed by atoms with Gasteiger partial charge >= 0.3 is 5.97 Å². The minimum Gasteiger partial charge on any atom is -0.481 e. The van der Waals surface area contributed by atoms with Crippen LogP contribution in [-0.2, 0) is 4.79 Å². The predicted octanol–water partition coefficient (Wildman–Crippen LogP) is 2.49. The van der Waals surface area contributed by atoms with Gasteiger partial charge in [-0.2, -0.15) is 0 Å². The lowest BCUT2D eigenvalue weighted by Gasteiger charge is -2.16. The van der Waals surface area contributed by atoms with E-state index in [0.717, 1.165) is 5.56 Å². The molecule has 0 aliphatic heterocycles. The zero-order valence-corrected chi connectivity index (χ0v) is 10.6. The van der Waals surface area contributed by atoms with E-state index in [2.05, 4.69) is 0 Å². The number of hydrogen-bond donors (Lipinski definition) is 1. The number of hydrogen-bond acceptors (Lipinski definition) is 2. The van der Waals surface area contributed by atoms with Gasteiger partial charge in [0.2, 0.25) is 0 Å². The number of aliphatic carboxylic acids is 1. The van der Waals surface area contributed by atoms with Gasteiger partial charge < -0.3 is 10.0 Å². The highest BCUT2D eigenvalue weighted by Crippen LogP contribution is 2.05. The van der Waals surface area contributed by atoms with Gasteiger partial charge in [-0.3, -0.25) is 4.79 Å². The van der Waals surface area contributed by atoms with Crippen molar-refractivity contribution in [3.8, 4) is 0 Å². The van der Waals surface area contributed by atoms with E-state index in [1.807, 2.05) is 24.1 Å². The molecular weight excluding hydrogens is 233 g/mol. The van der Waals surface area contributed by atoms with Crippen LogP contribution in [0, 0.1) is 11.7 Å². The van der Waals surface area contributed by atoms with Gasteiger partial charge in [-0.25, -0.2) is 4.39 Å². The van der Waals surface area contributed by atoms with Crippen LogP contribution in [0.25, 0.3) is 6.08 Å². The molecule has 1 aromatic carbocycles. The summed E-state index contributed by atoms with van der Waals surface area (Å²) in [6.07, 6.45) is 3.82. The molecule has 0 radical (unpaired) electrons. The van der Waals surface area contributed by atoms with Crippen LogP contribution in [0.2, 0.25) is 0 Å². The van der Waals surface area contributed by atoms with Crippen LogP contribution in [0.3, 0.4) is 0 Å². The summed E-state index contributed by atoms with van der Waals surface area (Å²) in [6, 6.07) is 6.23. The monoisotopic (exact) mass is 251 g/mol. The van der Waals surface area contributed by atoms with E-state index in [1.54, 1.807) is 19.1 Å². The molecular formula is C14H18FNO2. The number of halogens is 1. The predicted molar refractivity (Wildman–Crippen MR) is 69.7 cm³/mol. The third-order valence-electron chi connectivity index (χ3n) is 2.60. The Labute approximate surface area is 107 Å². The number of carboxylic acid groups (broad SMARTS) is 1. The Bertz CT molecular complexity index is 414. The van der Waals surface area contributed by atoms with Gasteiger partial charge in [0.15, 0.2) is 0 Å². The standard InChI is InChI=1S/C14H18FNO2/c1-11(14(17)18)10-16(2)9-3-4-12-5-7-13(15)8-6-12/h3-8,11H,9-10H2,1-2H3,(H,17,18)/b4-3+. The quantitative estimate of drug-likeness (QED) is 0.844. The maximum atomic E-state index is 12.7. The molecule has 0 bridgehead atoms. The molecule has 4 heteroatoms. The minimum absolute atomic E-state index is 0.250. The van der Waals surface area contributed by atoms with Crippen LogP contribution in [-0.4, -0.2) is 36.1 Å². The Hall–Kier alpha value is -1.68. The van der Waals surface area contributed by atoms with Crippen LogP contribution >= 0.6 is 0 Å². The number of nitrogens with zero attached hydrogens (tertiary/aromatic N) is 1. The molecule has 0 heterocycles. The first-order valence-electron chi connectivity index (χ1n) is 5.82. The van der Waals surface area contributed by atoms with Gasteiger partial charge in [-0.15, -0.1) is 0 Å². The lowest BCUT2D eigenvalue weighted by molar-refractivity contribution is -0.141. The Balaban J connectivity index is 2.40. The molecule has 0 saturated heterocycles. The van der Waals surface area contributed by atoms with E-state index in [1.165, 1.54) is 12.1 Å². The minimum atomic E-state index is -0.788. The van der Waals surface area contributed by atoms with Gasteiger partial charge in [0.05, 0.1) is 5.92 Å². The average molecular weight is 251 g/mol. The first kappa shape index (κ1) is 14.4. The fraction of sp³-hybridized carbons (Fsp3) is 0.357. The number of rotatable bonds is 6. The Morgan fingerprint density at radius 2 is 2.06 bits per heavy atom. The van der Waals surface area contributed by atoms with Crippen LogP contribution < -0.4 is 0 Å². The van der Waals surface area contributed by atoms with Gasteiger partial charge in [-0.1, -0.05) is 31.2 Å². The third-order valence-corrected chi connectivity index (χ3v) is 2.60. The largest absolute Gasteiger partial charge is 0.481 e. The molecule has 0 saturated carbocycles. The molecule has 1 unspecified atom stereocenters. The van der Waals surface area contributed by atoms with Gasteiger partial charge in [0.1, 0.15) is 5.82 Å². The van der Waals surface area contributed by atoms with Crippen LogP contribution in [0.15, 0.2) is 30.3 Å². The summed E-state index contributed by atoms with van der Waals surface area (Å²) in [4.78, 5) is 12.6. The molecule has 0 amide bonds. The topological polar surface area (TPSA) is 40.5 Å². The van der Waals surface area contributed by atoms with Crippen molar-refractivity contribution < 1.29 is 14.3 Å². The van der Waals surface area contributed by atoms with Gasteiger partial charge in [0.25, 0.3) is 0 Å².